The topological polar surface area (TPSA) is 111 Å². The molecule has 9 nitrogen and oxygen atoms in total. The number of nitrogens with one attached hydrogen (secondary N) is 1. The number of likely N-dealkylation sites (N-methyl/N-ethyl adjacent to an activating group) is 1. The SMILES string of the molecule is CCCCC/C=C\C/C=C\CCCCCCCCCC(=O)NC(COP(=O)(O)OCC[N+](C)(C)C)C(/C=C/CCCCCCCCCCCCC)OC(=O)CCCCCCCCCCCCCCCCC. The summed E-state index contributed by atoms with van der Waals surface area (Å²) in [4.78, 5) is 37.7. The van der Waals surface area contributed by atoms with Gasteiger partial charge < -0.3 is 19.4 Å². The Morgan fingerprint density at radius 1 is 0.493 bits per heavy atom. The van der Waals surface area contributed by atoms with Gasteiger partial charge in [0.25, 0.3) is 0 Å². The zero-order valence-corrected chi connectivity index (χ0v) is 48.6. The van der Waals surface area contributed by atoms with E-state index in [1.165, 1.54) is 180 Å². The highest BCUT2D eigenvalue weighted by Gasteiger charge is 2.30. The van der Waals surface area contributed by atoms with Gasteiger partial charge in [0.2, 0.25) is 5.91 Å². The Kier molecular flexibility index (Phi) is 50.4. The molecule has 0 heterocycles. The van der Waals surface area contributed by atoms with Gasteiger partial charge in [0.05, 0.1) is 33.8 Å². The number of amides is 1. The van der Waals surface area contributed by atoms with E-state index in [9.17, 15) is 19.0 Å². The predicted octanol–water partition coefficient (Wildman–Crippen LogP) is 18.3. The van der Waals surface area contributed by atoms with Gasteiger partial charge in [0.15, 0.2) is 0 Å². The Bertz CT molecular complexity index is 1310. The number of hydrogen-bond acceptors (Lipinski definition) is 6. The molecule has 0 spiro atoms. The van der Waals surface area contributed by atoms with Crippen molar-refractivity contribution < 1.29 is 37.3 Å². The van der Waals surface area contributed by atoms with E-state index in [4.69, 9.17) is 13.8 Å². The molecule has 71 heavy (non-hydrogen) atoms. The Balaban J connectivity index is 5.32. The minimum absolute atomic E-state index is 0.0407. The number of hydrogen-bond donors (Lipinski definition) is 2. The van der Waals surface area contributed by atoms with Crippen LogP contribution >= 0.6 is 7.82 Å². The molecule has 1 amide bonds. The second-order valence-corrected chi connectivity index (χ2v) is 23.3. The van der Waals surface area contributed by atoms with E-state index in [1.807, 2.05) is 33.3 Å². The number of carbonyl (C=O) groups excluding carboxylic acids is 2. The molecule has 3 unspecified atom stereocenters. The summed E-state index contributed by atoms with van der Waals surface area (Å²) in [5.41, 5.74) is 0. The van der Waals surface area contributed by atoms with Crippen molar-refractivity contribution >= 4 is 19.7 Å². The molecule has 0 aromatic carbocycles. The van der Waals surface area contributed by atoms with Gasteiger partial charge in [-0.2, -0.15) is 0 Å². The molecule has 2 N–H and O–H groups in total. The van der Waals surface area contributed by atoms with Crippen LogP contribution in [0.4, 0.5) is 0 Å². The summed E-state index contributed by atoms with van der Waals surface area (Å²) >= 11 is 0. The van der Waals surface area contributed by atoms with Crippen LogP contribution in [0.1, 0.15) is 290 Å². The molecule has 0 aliphatic heterocycles. The van der Waals surface area contributed by atoms with Crippen molar-refractivity contribution in [2.45, 2.75) is 303 Å². The third-order valence-corrected chi connectivity index (χ3v) is 14.6. The lowest BCUT2D eigenvalue weighted by Gasteiger charge is -2.27. The standard InChI is InChI=1S/C61H117N2O7P/c1-7-10-13-16-19-22-25-28-30-31-33-35-38-41-44-47-50-53-60(64)62-58(57-69-71(66,67)68-56-55-63(4,5)6)59(52-49-46-43-40-37-34-27-24-21-18-15-12-9-3)70-61(65)54-51-48-45-42-39-36-32-29-26-23-20-17-14-11-8-2/h19,22,28,30,49,52,58-59H,7-18,20-21,23-27,29,31-48,50-51,53-57H2,1-6H3,(H-,62,64,66,67)/p+1/b22-19-,30-28-,52-49+. The van der Waals surface area contributed by atoms with Crippen LogP contribution in [0.2, 0.25) is 0 Å². The van der Waals surface area contributed by atoms with Crippen molar-refractivity contribution in [1.29, 1.82) is 0 Å². The van der Waals surface area contributed by atoms with Crippen molar-refractivity contribution in [2.75, 3.05) is 40.9 Å². The highest BCUT2D eigenvalue weighted by Crippen LogP contribution is 2.43. The Labute approximate surface area is 440 Å². The summed E-state index contributed by atoms with van der Waals surface area (Å²) < 4.78 is 30.7. The van der Waals surface area contributed by atoms with Crippen LogP contribution in [0.15, 0.2) is 36.5 Å². The third-order valence-electron chi connectivity index (χ3n) is 13.6. The number of esters is 1. The second-order valence-electron chi connectivity index (χ2n) is 21.9. The van der Waals surface area contributed by atoms with Crippen LogP contribution in [0.5, 0.6) is 0 Å². The van der Waals surface area contributed by atoms with Crippen molar-refractivity contribution in [3.05, 3.63) is 36.5 Å². The molecule has 0 bridgehead atoms. The molecular weight excluding hydrogens is 904 g/mol. The van der Waals surface area contributed by atoms with Gasteiger partial charge >= 0.3 is 13.8 Å². The molecule has 0 aromatic heterocycles. The van der Waals surface area contributed by atoms with E-state index in [-0.39, 0.29) is 25.1 Å². The molecule has 0 radical (unpaired) electrons. The zero-order chi connectivity index (χ0) is 52.2. The molecule has 418 valence electrons. The van der Waals surface area contributed by atoms with Crippen LogP contribution in [0.3, 0.4) is 0 Å². The molecular formula is C61H118N2O7P+. The maximum Gasteiger partial charge on any atom is 0.472 e. The first-order valence-corrected chi connectivity index (χ1v) is 31.8. The maximum atomic E-state index is 13.5. The molecule has 0 rings (SSSR count). The number of rotatable bonds is 55. The smallest absolute Gasteiger partial charge is 0.456 e. The van der Waals surface area contributed by atoms with Crippen LogP contribution in [-0.4, -0.2) is 74.3 Å². The number of quaternary nitrogens is 1. The molecule has 0 aliphatic rings. The highest BCUT2D eigenvalue weighted by molar-refractivity contribution is 7.47. The largest absolute Gasteiger partial charge is 0.472 e. The van der Waals surface area contributed by atoms with Crippen LogP contribution in [0.25, 0.3) is 0 Å². The van der Waals surface area contributed by atoms with Crippen molar-refractivity contribution in [3.63, 3.8) is 0 Å². The zero-order valence-electron chi connectivity index (χ0n) is 47.7. The van der Waals surface area contributed by atoms with Crippen molar-refractivity contribution in [3.8, 4) is 0 Å². The first-order valence-electron chi connectivity index (χ1n) is 30.3. The second kappa shape index (κ2) is 51.7. The fourth-order valence-corrected chi connectivity index (χ4v) is 9.59. The normalized spacial score (nSPS) is 14.0. The molecule has 0 fully saturated rings. The molecule has 3 atom stereocenters. The summed E-state index contributed by atoms with van der Waals surface area (Å²) in [6.45, 7) is 7.01. The molecule has 0 aliphatic carbocycles. The summed E-state index contributed by atoms with van der Waals surface area (Å²) in [5, 5.41) is 3.05. The van der Waals surface area contributed by atoms with Gasteiger partial charge in [-0.25, -0.2) is 4.57 Å². The number of nitrogens with zero attached hydrogens (tertiary/aromatic N) is 1. The lowest BCUT2D eigenvalue weighted by molar-refractivity contribution is -0.870. The van der Waals surface area contributed by atoms with Gasteiger partial charge in [-0.05, 0) is 63.9 Å². The van der Waals surface area contributed by atoms with Gasteiger partial charge in [-0.1, -0.05) is 250 Å². The van der Waals surface area contributed by atoms with Gasteiger partial charge in [-0.3, -0.25) is 18.6 Å². The summed E-state index contributed by atoms with van der Waals surface area (Å²) in [6, 6.07) is -0.848. The lowest BCUT2D eigenvalue weighted by atomic mass is 10.0. The van der Waals surface area contributed by atoms with E-state index >= 15 is 0 Å². The highest BCUT2D eigenvalue weighted by atomic mass is 31.2. The summed E-state index contributed by atoms with van der Waals surface area (Å²) in [5.74, 6) is -0.502. The van der Waals surface area contributed by atoms with Gasteiger partial charge in [0, 0.05) is 12.8 Å². The van der Waals surface area contributed by atoms with Crippen molar-refractivity contribution in [2.24, 2.45) is 0 Å². The Morgan fingerprint density at radius 3 is 1.30 bits per heavy atom. The van der Waals surface area contributed by atoms with E-state index in [1.54, 1.807) is 0 Å². The fraction of sp³-hybridized carbons (Fsp3) is 0.869. The molecule has 0 aromatic rings. The number of carbonyl (C=O) groups is 2. The first-order chi connectivity index (χ1) is 34.4. The van der Waals surface area contributed by atoms with Crippen LogP contribution in [-0.2, 0) is 27.9 Å². The molecule has 0 saturated heterocycles. The van der Waals surface area contributed by atoms with Crippen LogP contribution < -0.4 is 5.32 Å². The third kappa shape index (κ3) is 52.9. The Morgan fingerprint density at radius 2 is 0.859 bits per heavy atom. The maximum absolute atomic E-state index is 13.5. The predicted molar refractivity (Wildman–Crippen MR) is 305 cm³/mol. The van der Waals surface area contributed by atoms with Gasteiger partial charge in [0.1, 0.15) is 19.3 Å². The number of phosphoric acid groups is 1. The molecule has 0 saturated carbocycles. The average Bonchev–Trinajstić information content (AvgIpc) is 3.33. The number of ether oxygens (including phenoxy) is 1. The lowest BCUT2D eigenvalue weighted by Crippen LogP contribution is -2.47. The fourth-order valence-electron chi connectivity index (χ4n) is 8.85. The van der Waals surface area contributed by atoms with Crippen molar-refractivity contribution in [1.82, 2.24) is 5.32 Å². The number of allylic oxidation sites excluding steroid dienone is 5. The number of unbranched alkanes of at least 4 members (excludes halogenated alkanes) is 35. The quantitative estimate of drug-likeness (QED) is 0.0205. The van der Waals surface area contributed by atoms with Crippen LogP contribution in [0, 0.1) is 0 Å². The molecule has 10 heteroatoms. The minimum Gasteiger partial charge on any atom is -0.456 e. The average molecular weight is 1020 g/mol. The number of phosphoric ester groups is 1. The van der Waals surface area contributed by atoms with E-state index < -0.39 is 20.0 Å². The summed E-state index contributed by atoms with van der Waals surface area (Å²) in [7, 11) is 1.50. The first kappa shape index (κ1) is 69.2. The summed E-state index contributed by atoms with van der Waals surface area (Å²) in [6.07, 6.45) is 61.3. The van der Waals surface area contributed by atoms with Gasteiger partial charge in [-0.15, -0.1) is 0 Å². The van der Waals surface area contributed by atoms with E-state index in [0.29, 0.717) is 23.9 Å². The van der Waals surface area contributed by atoms with E-state index in [2.05, 4.69) is 50.4 Å². The van der Waals surface area contributed by atoms with E-state index in [0.717, 1.165) is 77.0 Å². The minimum atomic E-state index is -4.44. The Hall–Kier alpha value is -1.77. The monoisotopic (exact) mass is 1020 g/mol.